The fourth-order valence-electron chi connectivity index (χ4n) is 2.90. The normalized spacial score (nSPS) is 21.6. The van der Waals surface area contributed by atoms with Crippen LogP contribution in [0.4, 0.5) is 26.3 Å². The molecule has 0 fully saturated rings. The third kappa shape index (κ3) is 3.44. The molecule has 3 rings (SSSR count). The highest BCUT2D eigenvalue weighted by molar-refractivity contribution is 7.92. The van der Waals surface area contributed by atoms with Crippen LogP contribution in [0.2, 0.25) is 0 Å². The molecule has 1 N–H and O–H groups in total. The summed E-state index contributed by atoms with van der Waals surface area (Å²) < 4.78 is 109. The predicted molar refractivity (Wildman–Crippen MR) is 85.0 cm³/mol. The van der Waals surface area contributed by atoms with E-state index in [0.29, 0.717) is 6.07 Å². The minimum Gasteiger partial charge on any atom is -0.457 e. The Labute approximate surface area is 155 Å². The van der Waals surface area contributed by atoms with Crippen LogP contribution in [-0.4, -0.2) is 25.0 Å². The number of halogens is 6. The summed E-state index contributed by atoms with van der Waals surface area (Å²) in [7, 11) is -6.00. The molecule has 0 bridgehead atoms. The number of sulfone groups is 1. The first kappa shape index (κ1) is 20.5. The molecule has 0 aliphatic heterocycles. The topological polar surface area (TPSA) is 63.6 Å². The van der Waals surface area contributed by atoms with Crippen molar-refractivity contribution in [2.45, 2.75) is 35.3 Å². The first-order chi connectivity index (χ1) is 12.8. The van der Waals surface area contributed by atoms with Crippen molar-refractivity contribution in [1.29, 1.82) is 0 Å². The van der Waals surface area contributed by atoms with Crippen LogP contribution >= 0.6 is 0 Å². The summed E-state index contributed by atoms with van der Waals surface area (Å²) in [6, 6.07) is 1.21. The number of allylic oxidation sites excluding steroid dienone is 5. The fourth-order valence-corrected chi connectivity index (χ4v) is 3.92. The zero-order chi connectivity index (χ0) is 20.9. The second-order valence-corrected chi connectivity index (χ2v) is 8.03. The molecule has 28 heavy (non-hydrogen) atoms. The maximum Gasteiger partial charge on any atom is 0.501 e. The highest BCUT2D eigenvalue weighted by Crippen LogP contribution is 2.50. The Morgan fingerprint density at radius 2 is 1.89 bits per heavy atom. The Kier molecular flexibility index (Phi) is 4.87. The number of rotatable bonds is 3. The molecule has 0 saturated heterocycles. The van der Waals surface area contributed by atoms with Gasteiger partial charge in [0.1, 0.15) is 23.4 Å². The van der Waals surface area contributed by atoms with Crippen molar-refractivity contribution in [3.8, 4) is 5.75 Å². The van der Waals surface area contributed by atoms with Crippen LogP contribution in [0.15, 0.2) is 52.9 Å². The summed E-state index contributed by atoms with van der Waals surface area (Å²) in [5.74, 6) is -5.13. The number of aliphatic hydroxyl groups excluding tert-OH is 1. The SMILES string of the molecule is O=S(=O)(c1ccc(OC2=CC(F)=CCC=C2)c2c1[C@H](O)C(F)(F)C2)C(F)(F)F. The van der Waals surface area contributed by atoms with Crippen LogP contribution < -0.4 is 4.74 Å². The number of hydrogen-bond acceptors (Lipinski definition) is 4. The summed E-state index contributed by atoms with van der Waals surface area (Å²) in [5.41, 5.74) is -7.42. The van der Waals surface area contributed by atoms with Crippen LogP contribution in [-0.2, 0) is 16.3 Å². The first-order valence-electron chi connectivity index (χ1n) is 7.79. The van der Waals surface area contributed by atoms with Gasteiger partial charge in [0.05, 0.1) is 4.90 Å². The molecule has 2 aliphatic rings. The quantitative estimate of drug-likeness (QED) is 0.733. The number of hydrogen-bond donors (Lipinski definition) is 1. The van der Waals surface area contributed by atoms with E-state index in [-0.39, 0.29) is 12.2 Å². The van der Waals surface area contributed by atoms with E-state index in [9.17, 15) is 39.9 Å². The maximum absolute atomic E-state index is 14.0. The summed E-state index contributed by atoms with van der Waals surface area (Å²) >= 11 is 0. The molecule has 11 heteroatoms. The van der Waals surface area contributed by atoms with Gasteiger partial charge in [-0.25, -0.2) is 21.6 Å². The van der Waals surface area contributed by atoms with Crippen molar-refractivity contribution < 1.29 is 44.6 Å². The van der Waals surface area contributed by atoms with E-state index >= 15 is 0 Å². The van der Waals surface area contributed by atoms with Gasteiger partial charge in [0, 0.05) is 23.6 Å². The van der Waals surface area contributed by atoms with Gasteiger partial charge in [-0.05, 0) is 30.7 Å². The van der Waals surface area contributed by atoms with Gasteiger partial charge >= 0.3 is 5.51 Å². The number of alkyl halides is 5. The van der Waals surface area contributed by atoms with Gasteiger partial charge < -0.3 is 9.84 Å². The van der Waals surface area contributed by atoms with Crippen molar-refractivity contribution in [2.75, 3.05) is 0 Å². The summed E-state index contributed by atoms with van der Waals surface area (Å²) in [6.45, 7) is 0. The standard InChI is InChI=1S/C17H12F6O4S/c18-9-3-1-2-4-10(7-9)27-12-5-6-13(28(25,26)17(21,22)23)14-11(12)8-16(19,20)15(14)24/h2-7,15,24H,1,8H2/t15-/m0/s1. The van der Waals surface area contributed by atoms with Gasteiger partial charge in [0.25, 0.3) is 15.8 Å². The monoisotopic (exact) mass is 426 g/mol. The third-order valence-electron chi connectivity index (χ3n) is 4.19. The second-order valence-electron chi connectivity index (χ2n) is 6.12. The minimum atomic E-state index is -6.00. The Balaban J connectivity index is 2.16. The van der Waals surface area contributed by atoms with Crippen LogP contribution in [0.5, 0.6) is 5.75 Å². The van der Waals surface area contributed by atoms with Gasteiger partial charge in [0.2, 0.25) is 0 Å². The van der Waals surface area contributed by atoms with Crippen molar-refractivity contribution in [3.05, 3.63) is 59.1 Å². The van der Waals surface area contributed by atoms with E-state index in [0.717, 1.165) is 12.1 Å². The summed E-state index contributed by atoms with van der Waals surface area (Å²) in [4.78, 5) is -1.47. The summed E-state index contributed by atoms with van der Waals surface area (Å²) in [6.07, 6.45) is 1.16. The molecule has 0 radical (unpaired) electrons. The van der Waals surface area contributed by atoms with Gasteiger partial charge in [0.15, 0.2) is 0 Å². The molecular formula is C17H12F6O4S. The minimum absolute atomic E-state index is 0.135. The molecule has 2 aliphatic carbocycles. The Morgan fingerprint density at radius 3 is 2.54 bits per heavy atom. The number of benzene rings is 1. The lowest BCUT2D eigenvalue weighted by molar-refractivity contribution is -0.0978. The lowest BCUT2D eigenvalue weighted by Crippen LogP contribution is -2.26. The first-order valence-corrected chi connectivity index (χ1v) is 9.27. The van der Waals surface area contributed by atoms with E-state index in [1.807, 2.05) is 0 Å². The van der Waals surface area contributed by atoms with Crippen molar-refractivity contribution >= 4 is 9.84 Å². The van der Waals surface area contributed by atoms with Gasteiger partial charge in [-0.1, -0.05) is 6.08 Å². The van der Waals surface area contributed by atoms with Gasteiger partial charge in [-0.2, -0.15) is 13.2 Å². The molecule has 1 aromatic carbocycles. The molecule has 1 aromatic rings. The van der Waals surface area contributed by atoms with Crippen molar-refractivity contribution in [1.82, 2.24) is 0 Å². The summed E-state index contributed by atoms with van der Waals surface area (Å²) in [5, 5.41) is 9.80. The molecule has 152 valence electrons. The second kappa shape index (κ2) is 6.66. The molecular weight excluding hydrogens is 414 g/mol. The zero-order valence-electron chi connectivity index (χ0n) is 13.8. The Bertz CT molecular complexity index is 1010. The van der Waals surface area contributed by atoms with Crippen LogP contribution in [0, 0.1) is 0 Å². The maximum atomic E-state index is 14.0. The number of ether oxygens (including phenoxy) is 1. The molecule has 0 saturated carbocycles. The Hall–Kier alpha value is -2.27. The molecule has 4 nitrogen and oxygen atoms in total. The average molecular weight is 426 g/mol. The van der Waals surface area contributed by atoms with E-state index in [4.69, 9.17) is 4.74 Å². The van der Waals surface area contributed by atoms with Crippen LogP contribution in [0.3, 0.4) is 0 Å². The fraction of sp³-hybridized carbons (Fsp3) is 0.294. The molecule has 0 unspecified atom stereocenters. The highest BCUT2D eigenvalue weighted by atomic mass is 32.2. The van der Waals surface area contributed by atoms with Gasteiger partial charge in [-0.3, -0.25) is 0 Å². The predicted octanol–water partition coefficient (Wildman–Crippen LogP) is 4.28. The molecule has 0 amide bonds. The lowest BCUT2D eigenvalue weighted by Gasteiger charge is -2.17. The third-order valence-corrected chi connectivity index (χ3v) is 5.74. The molecule has 1 atom stereocenters. The van der Waals surface area contributed by atoms with Crippen LogP contribution in [0.1, 0.15) is 23.7 Å². The molecule has 0 heterocycles. The lowest BCUT2D eigenvalue weighted by atomic mass is 10.1. The Morgan fingerprint density at radius 1 is 1.21 bits per heavy atom. The van der Waals surface area contributed by atoms with E-state index < -0.39 is 61.4 Å². The average Bonchev–Trinajstić information content (AvgIpc) is 2.70. The van der Waals surface area contributed by atoms with Crippen LogP contribution in [0.25, 0.3) is 0 Å². The largest absolute Gasteiger partial charge is 0.501 e. The van der Waals surface area contributed by atoms with E-state index in [2.05, 4.69) is 0 Å². The van der Waals surface area contributed by atoms with E-state index in [1.165, 1.54) is 18.2 Å². The smallest absolute Gasteiger partial charge is 0.457 e. The number of fused-ring (bicyclic) bond motifs is 1. The van der Waals surface area contributed by atoms with Gasteiger partial charge in [-0.15, -0.1) is 0 Å². The molecule has 0 spiro atoms. The zero-order valence-corrected chi connectivity index (χ0v) is 14.6. The molecule has 0 aromatic heterocycles. The highest BCUT2D eigenvalue weighted by Gasteiger charge is 2.55. The number of aliphatic hydroxyl groups is 1. The van der Waals surface area contributed by atoms with Crippen molar-refractivity contribution in [2.24, 2.45) is 0 Å². The van der Waals surface area contributed by atoms with E-state index in [1.54, 1.807) is 0 Å². The van der Waals surface area contributed by atoms with Crippen molar-refractivity contribution in [3.63, 3.8) is 0 Å².